The molecule has 2 N–H and O–H groups in total. The zero-order valence-corrected chi connectivity index (χ0v) is 20.1. The Bertz CT molecular complexity index is 1310. The van der Waals surface area contributed by atoms with Crippen molar-refractivity contribution < 1.29 is 35.5 Å². The third kappa shape index (κ3) is 7.02. The van der Waals surface area contributed by atoms with Crippen molar-refractivity contribution in [3.63, 3.8) is 0 Å². The lowest BCUT2D eigenvalue weighted by molar-refractivity contribution is -0.140. The number of amides is 1. The molecule has 2 aromatic carbocycles. The molecule has 1 unspecified atom stereocenters. The van der Waals surface area contributed by atoms with Gasteiger partial charge in [-0.15, -0.1) is 5.10 Å². The van der Waals surface area contributed by atoms with Crippen LogP contribution in [-0.2, 0) is 6.18 Å². The molecule has 37 heavy (non-hydrogen) atoms. The Balaban J connectivity index is 1.99. The summed E-state index contributed by atoms with van der Waals surface area (Å²) in [6.07, 6.45) is -8.84. The summed E-state index contributed by atoms with van der Waals surface area (Å²) in [4.78, 5) is 12.3. The number of carbonyl (C=O) groups excluding carboxylic acids is 1. The average molecular weight is 588 g/mol. The van der Waals surface area contributed by atoms with Crippen molar-refractivity contribution in [2.45, 2.75) is 18.3 Å². The van der Waals surface area contributed by atoms with E-state index in [9.17, 15) is 35.5 Å². The Kier molecular flexibility index (Phi) is 8.56. The fraction of sp³-hybridized carbons (Fsp3) is 0.136. The van der Waals surface area contributed by atoms with Gasteiger partial charge in [0.25, 0.3) is 5.91 Å². The fourth-order valence-corrected chi connectivity index (χ4v) is 3.67. The summed E-state index contributed by atoms with van der Waals surface area (Å²) in [6, 6.07) is 6.00. The molecule has 0 saturated carbocycles. The lowest BCUT2D eigenvalue weighted by atomic mass is 9.95. The lowest BCUT2D eigenvalue weighted by Gasteiger charge is -2.19. The topological polar surface area (TPSA) is 66.9 Å². The molecule has 0 aliphatic carbocycles. The van der Waals surface area contributed by atoms with Crippen LogP contribution in [0.25, 0.3) is 5.83 Å². The number of nitrogens with one attached hydrogen (secondary N) is 2. The maximum absolute atomic E-state index is 14.9. The molecule has 0 saturated heterocycles. The second-order valence-electron chi connectivity index (χ2n) is 7.28. The quantitative estimate of drug-likeness (QED) is 0.175. The highest BCUT2D eigenvalue weighted by molar-refractivity contribution is 6.48. The van der Waals surface area contributed by atoms with Gasteiger partial charge in [-0.3, -0.25) is 15.6 Å². The van der Waals surface area contributed by atoms with Crippen LogP contribution in [0.5, 0.6) is 0 Å². The zero-order valence-electron chi connectivity index (χ0n) is 17.9. The third-order valence-electron chi connectivity index (χ3n) is 4.75. The van der Waals surface area contributed by atoms with E-state index < -0.39 is 52.3 Å². The lowest BCUT2D eigenvalue weighted by Crippen LogP contribution is -2.31. The van der Waals surface area contributed by atoms with Crippen molar-refractivity contribution in [3.05, 3.63) is 92.1 Å². The van der Waals surface area contributed by atoms with Gasteiger partial charge in [-0.05, 0) is 48.0 Å². The van der Waals surface area contributed by atoms with Crippen LogP contribution in [0, 0.1) is 0 Å². The summed E-state index contributed by atoms with van der Waals surface area (Å²) in [7, 11) is 0. The van der Waals surface area contributed by atoms with Crippen molar-refractivity contribution in [1.29, 1.82) is 0 Å². The second-order valence-corrected chi connectivity index (χ2v) is 8.47. The van der Waals surface area contributed by atoms with Gasteiger partial charge in [0, 0.05) is 11.8 Å². The Morgan fingerprint density at radius 3 is 2.16 bits per heavy atom. The van der Waals surface area contributed by atoms with Crippen molar-refractivity contribution in [2.75, 3.05) is 5.43 Å². The standard InChI is InChI=1S/C22H12Cl3F7N4O/c23-15-7-11(8-16(24)19(15)25)13(21(27,28)29)9-17(26)10-3-4-12(14(6-10)22(30,31)32)20(37)36-35-18-2-1-5-33-34-18/h1-9,13H,(H,34,35)(H,36,37). The number of halogens is 10. The van der Waals surface area contributed by atoms with E-state index in [0.717, 1.165) is 18.2 Å². The van der Waals surface area contributed by atoms with Crippen LogP contribution in [0.1, 0.15) is 33.0 Å². The first-order valence-corrected chi connectivity index (χ1v) is 11.0. The van der Waals surface area contributed by atoms with E-state index in [1.165, 1.54) is 18.3 Å². The van der Waals surface area contributed by atoms with E-state index in [4.69, 9.17) is 34.8 Å². The van der Waals surface area contributed by atoms with Gasteiger partial charge in [-0.25, -0.2) is 4.39 Å². The van der Waals surface area contributed by atoms with Gasteiger partial charge in [-0.1, -0.05) is 40.9 Å². The fourth-order valence-electron chi connectivity index (χ4n) is 3.06. The number of alkyl halides is 6. The van der Waals surface area contributed by atoms with Crippen LogP contribution in [0.15, 0.2) is 54.7 Å². The molecule has 15 heteroatoms. The third-order valence-corrected chi connectivity index (χ3v) is 5.95. The number of hydrazine groups is 1. The average Bonchev–Trinajstić information content (AvgIpc) is 2.83. The Hall–Kier alpha value is -3.09. The number of anilines is 1. The van der Waals surface area contributed by atoms with E-state index in [2.05, 4.69) is 15.6 Å². The minimum atomic E-state index is -5.16. The molecule has 5 nitrogen and oxygen atoms in total. The van der Waals surface area contributed by atoms with Gasteiger partial charge in [0.1, 0.15) is 11.7 Å². The highest BCUT2D eigenvalue weighted by Gasteiger charge is 2.41. The largest absolute Gasteiger partial charge is 0.417 e. The summed E-state index contributed by atoms with van der Waals surface area (Å²) in [5, 5.41) is 6.18. The van der Waals surface area contributed by atoms with Crippen LogP contribution in [-0.4, -0.2) is 22.3 Å². The molecular weight excluding hydrogens is 576 g/mol. The molecule has 3 aromatic rings. The molecule has 196 valence electrons. The minimum Gasteiger partial charge on any atom is -0.280 e. The van der Waals surface area contributed by atoms with E-state index in [0.29, 0.717) is 6.07 Å². The summed E-state index contributed by atoms with van der Waals surface area (Å²) < 4.78 is 97.1. The van der Waals surface area contributed by atoms with Crippen molar-refractivity contribution >= 4 is 52.4 Å². The minimum absolute atomic E-state index is 0.00982. The smallest absolute Gasteiger partial charge is 0.280 e. The molecule has 0 spiro atoms. The van der Waals surface area contributed by atoms with E-state index in [1.807, 2.05) is 5.43 Å². The highest BCUT2D eigenvalue weighted by atomic mass is 35.5. The predicted octanol–water partition coefficient (Wildman–Crippen LogP) is 7.87. The van der Waals surface area contributed by atoms with Crippen LogP contribution < -0.4 is 10.9 Å². The van der Waals surface area contributed by atoms with E-state index in [-0.39, 0.29) is 33.0 Å². The Labute approximate surface area is 219 Å². The Morgan fingerprint density at radius 1 is 0.973 bits per heavy atom. The van der Waals surface area contributed by atoms with Crippen LogP contribution in [0.4, 0.5) is 36.6 Å². The molecule has 1 aromatic heterocycles. The second kappa shape index (κ2) is 11.1. The van der Waals surface area contributed by atoms with Gasteiger partial charge < -0.3 is 0 Å². The van der Waals surface area contributed by atoms with Gasteiger partial charge in [0.2, 0.25) is 0 Å². The van der Waals surface area contributed by atoms with Crippen LogP contribution in [0.3, 0.4) is 0 Å². The number of aromatic nitrogens is 2. The molecule has 0 radical (unpaired) electrons. The number of hydrogen-bond acceptors (Lipinski definition) is 4. The van der Waals surface area contributed by atoms with E-state index in [1.54, 1.807) is 0 Å². The maximum atomic E-state index is 14.9. The van der Waals surface area contributed by atoms with Gasteiger partial charge in [0.05, 0.1) is 26.2 Å². The molecule has 0 aliphatic rings. The number of carbonyl (C=O) groups is 1. The number of allylic oxidation sites excluding steroid dienone is 1. The first kappa shape index (κ1) is 28.5. The normalized spacial score (nSPS) is 13.3. The number of benzene rings is 2. The molecule has 1 atom stereocenters. The summed E-state index contributed by atoms with van der Waals surface area (Å²) in [6.45, 7) is 0. The molecule has 3 rings (SSSR count). The molecule has 0 aliphatic heterocycles. The molecule has 1 amide bonds. The van der Waals surface area contributed by atoms with Crippen LogP contribution >= 0.6 is 34.8 Å². The number of nitrogens with zero attached hydrogens (tertiary/aromatic N) is 2. The first-order valence-electron chi connectivity index (χ1n) is 9.82. The number of hydrogen-bond donors (Lipinski definition) is 2. The van der Waals surface area contributed by atoms with Crippen molar-refractivity contribution in [2.24, 2.45) is 0 Å². The molecule has 1 heterocycles. The summed E-state index contributed by atoms with van der Waals surface area (Å²) in [5.74, 6) is -5.53. The summed E-state index contributed by atoms with van der Waals surface area (Å²) >= 11 is 17.3. The van der Waals surface area contributed by atoms with Gasteiger partial charge in [-0.2, -0.15) is 31.4 Å². The SMILES string of the molecule is O=C(NNc1cccnn1)c1ccc(C(F)=CC(c2cc(Cl)c(Cl)c(Cl)c2)C(F)(F)F)cc1C(F)(F)F. The van der Waals surface area contributed by atoms with Crippen molar-refractivity contribution in [1.82, 2.24) is 15.6 Å². The van der Waals surface area contributed by atoms with Crippen molar-refractivity contribution in [3.8, 4) is 0 Å². The number of rotatable bonds is 6. The van der Waals surface area contributed by atoms with Gasteiger partial charge in [0.15, 0.2) is 5.82 Å². The van der Waals surface area contributed by atoms with E-state index >= 15 is 0 Å². The molecule has 0 bridgehead atoms. The van der Waals surface area contributed by atoms with Crippen LogP contribution in [0.2, 0.25) is 15.1 Å². The van der Waals surface area contributed by atoms with Gasteiger partial charge >= 0.3 is 12.4 Å². The Morgan fingerprint density at radius 2 is 1.62 bits per heavy atom. The highest BCUT2D eigenvalue weighted by Crippen LogP contribution is 2.42. The first-order chi connectivity index (χ1) is 17.2. The molecule has 0 fully saturated rings. The predicted molar refractivity (Wildman–Crippen MR) is 124 cm³/mol. The molecular formula is C22H12Cl3F7N4O. The maximum Gasteiger partial charge on any atom is 0.417 e. The zero-order chi connectivity index (χ0) is 27.5. The summed E-state index contributed by atoms with van der Waals surface area (Å²) in [5.41, 5.74) is 0.266. The monoisotopic (exact) mass is 586 g/mol.